The maximum atomic E-state index is 10.3. The quantitative estimate of drug-likeness (QED) is 0.697. The molecule has 5 heteroatoms. The van der Waals surface area contributed by atoms with Crippen molar-refractivity contribution in [1.82, 2.24) is 0 Å². The Labute approximate surface area is 123 Å². The molecular formula is C14H18Cl2O3. The second-order valence-corrected chi connectivity index (χ2v) is 5.37. The van der Waals surface area contributed by atoms with Gasteiger partial charge in [-0.05, 0) is 31.0 Å². The summed E-state index contributed by atoms with van der Waals surface area (Å²) in [6, 6.07) is 5.04. The van der Waals surface area contributed by atoms with E-state index in [0.29, 0.717) is 28.5 Å². The predicted molar refractivity (Wildman–Crippen MR) is 76.8 cm³/mol. The minimum absolute atomic E-state index is 0.211. The number of halogens is 2. The van der Waals surface area contributed by atoms with Crippen molar-refractivity contribution in [3.63, 3.8) is 0 Å². The van der Waals surface area contributed by atoms with Crippen molar-refractivity contribution in [3.05, 3.63) is 33.8 Å². The third-order valence-corrected chi connectivity index (χ3v) is 3.51. The Kier molecular flexibility index (Phi) is 7.21. The SMILES string of the molecule is O=C(O)CCCCCCC(O)c1cc(Cl)ccc1Cl. The fraction of sp³-hybridized carbons (Fsp3) is 0.500. The number of hydrogen-bond acceptors (Lipinski definition) is 2. The molecule has 106 valence electrons. The Morgan fingerprint density at radius 3 is 2.53 bits per heavy atom. The van der Waals surface area contributed by atoms with Crippen LogP contribution in [0.15, 0.2) is 18.2 Å². The van der Waals surface area contributed by atoms with Gasteiger partial charge in [-0.3, -0.25) is 4.79 Å². The van der Waals surface area contributed by atoms with E-state index in [4.69, 9.17) is 28.3 Å². The van der Waals surface area contributed by atoms with Crippen molar-refractivity contribution in [2.75, 3.05) is 0 Å². The number of benzene rings is 1. The zero-order valence-corrected chi connectivity index (χ0v) is 12.1. The molecule has 0 saturated carbocycles. The number of rotatable bonds is 8. The summed E-state index contributed by atoms with van der Waals surface area (Å²) in [6.45, 7) is 0. The number of unbranched alkanes of at least 4 members (excludes halogenated alkanes) is 3. The second kappa shape index (κ2) is 8.41. The van der Waals surface area contributed by atoms with Crippen LogP contribution in [0.5, 0.6) is 0 Å². The van der Waals surface area contributed by atoms with Crippen molar-refractivity contribution < 1.29 is 15.0 Å². The van der Waals surface area contributed by atoms with Gasteiger partial charge in [0.2, 0.25) is 0 Å². The lowest BCUT2D eigenvalue weighted by Crippen LogP contribution is -1.99. The van der Waals surface area contributed by atoms with Crippen LogP contribution in [0.1, 0.15) is 50.2 Å². The van der Waals surface area contributed by atoms with E-state index in [1.807, 2.05) is 0 Å². The first-order chi connectivity index (χ1) is 9.00. The van der Waals surface area contributed by atoms with Gasteiger partial charge in [0.15, 0.2) is 0 Å². The minimum Gasteiger partial charge on any atom is -0.481 e. The molecule has 0 aliphatic carbocycles. The number of carbonyl (C=O) groups is 1. The van der Waals surface area contributed by atoms with E-state index in [1.165, 1.54) is 0 Å². The monoisotopic (exact) mass is 304 g/mol. The van der Waals surface area contributed by atoms with Crippen molar-refractivity contribution in [2.24, 2.45) is 0 Å². The molecule has 0 saturated heterocycles. The summed E-state index contributed by atoms with van der Waals surface area (Å²) in [5.74, 6) is -0.759. The van der Waals surface area contributed by atoms with Gasteiger partial charge >= 0.3 is 5.97 Å². The van der Waals surface area contributed by atoms with Crippen LogP contribution in [-0.4, -0.2) is 16.2 Å². The molecule has 1 rings (SSSR count). The van der Waals surface area contributed by atoms with Gasteiger partial charge in [-0.15, -0.1) is 0 Å². The highest BCUT2D eigenvalue weighted by atomic mass is 35.5. The summed E-state index contributed by atoms with van der Waals surface area (Å²) in [5.41, 5.74) is 0.653. The third-order valence-electron chi connectivity index (χ3n) is 2.94. The highest BCUT2D eigenvalue weighted by molar-refractivity contribution is 6.33. The Hall–Kier alpha value is -0.770. The lowest BCUT2D eigenvalue weighted by atomic mass is 10.0. The first-order valence-corrected chi connectivity index (χ1v) is 7.11. The van der Waals surface area contributed by atoms with Gasteiger partial charge in [0.05, 0.1) is 6.10 Å². The Balaban J connectivity index is 2.29. The molecule has 1 aromatic rings. The van der Waals surface area contributed by atoms with Crippen LogP contribution in [-0.2, 0) is 4.79 Å². The first kappa shape index (κ1) is 16.3. The third kappa shape index (κ3) is 6.28. The van der Waals surface area contributed by atoms with E-state index >= 15 is 0 Å². The van der Waals surface area contributed by atoms with Crippen molar-refractivity contribution >= 4 is 29.2 Å². The highest BCUT2D eigenvalue weighted by Crippen LogP contribution is 2.29. The normalized spacial score (nSPS) is 12.4. The number of aliphatic hydroxyl groups excluding tert-OH is 1. The van der Waals surface area contributed by atoms with Crippen molar-refractivity contribution in [2.45, 2.75) is 44.6 Å². The fourth-order valence-corrected chi connectivity index (χ4v) is 2.32. The van der Waals surface area contributed by atoms with Crippen LogP contribution in [0.2, 0.25) is 10.0 Å². The zero-order chi connectivity index (χ0) is 14.3. The standard InChI is InChI=1S/C14H18Cl2O3/c15-10-7-8-12(16)11(9-10)13(17)5-3-1-2-4-6-14(18)19/h7-9,13,17H,1-6H2,(H,18,19). The highest BCUT2D eigenvalue weighted by Gasteiger charge is 2.11. The molecule has 0 radical (unpaired) electrons. The molecule has 1 atom stereocenters. The predicted octanol–water partition coefficient (Wildman–Crippen LogP) is 4.45. The smallest absolute Gasteiger partial charge is 0.303 e. The van der Waals surface area contributed by atoms with E-state index in [9.17, 15) is 9.90 Å². The van der Waals surface area contributed by atoms with E-state index in [0.717, 1.165) is 19.3 Å². The van der Waals surface area contributed by atoms with E-state index in [1.54, 1.807) is 18.2 Å². The van der Waals surface area contributed by atoms with Crippen LogP contribution in [0, 0.1) is 0 Å². The van der Waals surface area contributed by atoms with Crippen molar-refractivity contribution in [3.8, 4) is 0 Å². The first-order valence-electron chi connectivity index (χ1n) is 6.35. The largest absolute Gasteiger partial charge is 0.481 e. The number of hydrogen-bond donors (Lipinski definition) is 2. The Morgan fingerprint density at radius 2 is 1.84 bits per heavy atom. The van der Waals surface area contributed by atoms with Crippen LogP contribution in [0.3, 0.4) is 0 Å². The summed E-state index contributed by atoms with van der Waals surface area (Å²) in [5, 5.41) is 19.6. The van der Waals surface area contributed by atoms with Crippen LogP contribution < -0.4 is 0 Å². The molecule has 2 N–H and O–H groups in total. The molecule has 0 heterocycles. The summed E-state index contributed by atoms with van der Waals surface area (Å²) < 4.78 is 0. The maximum Gasteiger partial charge on any atom is 0.303 e. The number of carboxylic acid groups (broad SMARTS) is 1. The molecule has 0 amide bonds. The number of aliphatic hydroxyl groups is 1. The number of carboxylic acids is 1. The maximum absolute atomic E-state index is 10.3. The molecule has 0 aromatic heterocycles. The molecule has 1 aromatic carbocycles. The topological polar surface area (TPSA) is 57.5 Å². The van der Waals surface area contributed by atoms with E-state index < -0.39 is 12.1 Å². The molecule has 0 aliphatic rings. The van der Waals surface area contributed by atoms with Gasteiger partial charge in [0.1, 0.15) is 0 Å². The molecule has 0 bridgehead atoms. The van der Waals surface area contributed by atoms with E-state index in [-0.39, 0.29) is 6.42 Å². The minimum atomic E-state index is -0.759. The average Bonchev–Trinajstić information content (AvgIpc) is 2.36. The summed E-state index contributed by atoms with van der Waals surface area (Å²) in [4.78, 5) is 10.3. The molecule has 0 fully saturated rings. The van der Waals surface area contributed by atoms with Crippen LogP contribution in [0.25, 0.3) is 0 Å². The van der Waals surface area contributed by atoms with Gasteiger partial charge < -0.3 is 10.2 Å². The molecule has 3 nitrogen and oxygen atoms in total. The molecule has 19 heavy (non-hydrogen) atoms. The lowest BCUT2D eigenvalue weighted by Gasteiger charge is -2.12. The summed E-state index contributed by atoms with van der Waals surface area (Å²) >= 11 is 11.9. The molecule has 0 aliphatic heterocycles. The van der Waals surface area contributed by atoms with E-state index in [2.05, 4.69) is 0 Å². The summed E-state index contributed by atoms with van der Waals surface area (Å²) in [6.07, 6.45) is 3.49. The summed E-state index contributed by atoms with van der Waals surface area (Å²) in [7, 11) is 0. The lowest BCUT2D eigenvalue weighted by molar-refractivity contribution is -0.137. The fourth-order valence-electron chi connectivity index (χ4n) is 1.89. The number of aliphatic carboxylic acids is 1. The average molecular weight is 305 g/mol. The van der Waals surface area contributed by atoms with Gasteiger partial charge in [-0.1, -0.05) is 42.5 Å². The van der Waals surface area contributed by atoms with Gasteiger partial charge in [-0.25, -0.2) is 0 Å². The van der Waals surface area contributed by atoms with Crippen LogP contribution in [0.4, 0.5) is 0 Å². The van der Waals surface area contributed by atoms with Gasteiger partial charge in [-0.2, -0.15) is 0 Å². The van der Waals surface area contributed by atoms with Gasteiger partial charge in [0.25, 0.3) is 0 Å². The molecular weight excluding hydrogens is 287 g/mol. The second-order valence-electron chi connectivity index (χ2n) is 4.53. The molecule has 1 unspecified atom stereocenters. The van der Waals surface area contributed by atoms with Gasteiger partial charge in [0, 0.05) is 22.0 Å². The van der Waals surface area contributed by atoms with Crippen LogP contribution >= 0.6 is 23.2 Å². The molecule has 0 spiro atoms. The Bertz CT molecular complexity index is 421. The van der Waals surface area contributed by atoms with Crippen molar-refractivity contribution in [1.29, 1.82) is 0 Å². The zero-order valence-electron chi connectivity index (χ0n) is 10.6. The Morgan fingerprint density at radius 1 is 1.16 bits per heavy atom.